The van der Waals surface area contributed by atoms with Crippen molar-refractivity contribution in [3.05, 3.63) is 34.9 Å². The van der Waals surface area contributed by atoms with E-state index >= 15 is 0 Å². The molecule has 0 aliphatic heterocycles. The first-order valence-corrected chi connectivity index (χ1v) is 5.97. The van der Waals surface area contributed by atoms with Crippen LogP contribution in [0.5, 0.6) is 0 Å². The number of rotatable bonds is 5. The Bertz CT molecular complexity index is 316. The summed E-state index contributed by atoms with van der Waals surface area (Å²) in [5.74, 6) is 0. The normalized spacial score (nSPS) is 12.1. The summed E-state index contributed by atoms with van der Waals surface area (Å²) >= 11 is 5.83. The number of hydrogen-bond donors (Lipinski definition) is 1. The van der Waals surface area contributed by atoms with Gasteiger partial charge in [0.15, 0.2) is 0 Å². The van der Waals surface area contributed by atoms with Gasteiger partial charge in [0.2, 0.25) is 0 Å². The molecule has 1 rings (SSSR count). The Balaban J connectivity index is 2.60. The zero-order chi connectivity index (χ0) is 12.2. The van der Waals surface area contributed by atoms with Crippen molar-refractivity contribution in [1.82, 2.24) is 4.90 Å². The number of hydrogen-bond acceptors (Lipinski definition) is 2. The number of halogens is 1. The summed E-state index contributed by atoms with van der Waals surface area (Å²) in [4.78, 5) is 2.21. The molecule has 0 aromatic heterocycles. The first-order chi connectivity index (χ1) is 7.40. The molecular formula is C13H20ClNO. The van der Waals surface area contributed by atoms with Gasteiger partial charge in [0.1, 0.15) is 0 Å². The minimum absolute atomic E-state index is 0.650. The van der Waals surface area contributed by atoms with Gasteiger partial charge in [0, 0.05) is 18.1 Å². The summed E-state index contributed by atoms with van der Waals surface area (Å²) in [5.41, 5.74) is 0.568. The van der Waals surface area contributed by atoms with Gasteiger partial charge in [-0.05, 0) is 38.1 Å². The van der Waals surface area contributed by atoms with Gasteiger partial charge >= 0.3 is 0 Å². The van der Waals surface area contributed by atoms with E-state index in [1.807, 2.05) is 38.1 Å². The quantitative estimate of drug-likeness (QED) is 0.857. The van der Waals surface area contributed by atoms with Gasteiger partial charge in [-0.1, -0.05) is 30.7 Å². The average molecular weight is 242 g/mol. The molecule has 0 aliphatic rings. The minimum atomic E-state index is -0.650. The van der Waals surface area contributed by atoms with Crippen LogP contribution in [0, 0.1) is 0 Å². The molecule has 1 N–H and O–H groups in total. The van der Waals surface area contributed by atoms with E-state index in [2.05, 4.69) is 11.8 Å². The molecular weight excluding hydrogens is 222 g/mol. The van der Waals surface area contributed by atoms with E-state index in [1.165, 1.54) is 5.56 Å². The molecule has 0 aliphatic carbocycles. The number of nitrogens with zero attached hydrogens (tertiary/aromatic N) is 1. The van der Waals surface area contributed by atoms with Gasteiger partial charge in [0.05, 0.1) is 5.60 Å². The molecule has 3 heteroatoms. The van der Waals surface area contributed by atoms with Crippen molar-refractivity contribution in [1.29, 1.82) is 0 Å². The molecule has 1 aromatic carbocycles. The third-order valence-electron chi connectivity index (χ3n) is 2.38. The molecule has 1 aromatic rings. The largest absolute Gasteiger partial charge is 0.389 e. The lowest BCUT2D eigenvalue weighted by molar-refractivity contribution is 0.0353. The molecule has 0 fully saturated rings. The molecule has 0 radical (unpaired) electrons. The summed E-state index contributed by atoms with van der Waals surface area (Å²) in [6.07, 6.45) is 0. The van der Waals surface area contributed by atoms with Crippen LogP contribution in [0.3, 0.4) is 0 Å². The van der Waals surface area contributed by atoms with Gasteiger partial charge in [-0.25, -0.2) is 0 Å². The molecule has 0 unspecified atom stereocenters. The van der Waals surface area contributed by atoms with Crippen LogP contribution in [0.25, 0.3) is 0 Å². The number of likely N-dealkylation sites (N-methyl/N-ethyl adjacent to an activating group) is 1. The van der Waals surface area contributed by atoms with Crippen molar-refractivity contribution in [3.63, 3.8) is 0 Å². The van der Waals surface area contributed by atoms with Crippen molar-refractivity contribution in [2.45, 2.75) is 32.9 Å². The van der Waals surface area contributed by atoms with Gasteiger partial charge < -0.3 is 5.11 Å². The van der Waals surface area contributed by atoms with Crippen molar-refractivity contribution >= 4 is 11.6 Å². The van der Waals surface area contributed by atoms with E-state index in [4.69, 9.17) is 11.6 Å². The highest BCUT2D eigenvalue weighted by Gasteiger charge is 2.17. The Kier molecular flexibility index (Phi) is 4.78. The molecule has 0 heterocycles. The fourth-order valence-corrected chi connectivity index (χ4v) is 1.80. The monoisotopic (exact) mass is 241 g/mol. The average Bonchev–Trinajstić information content (AvgIpc) is 2.18. The molecule has 0 amide bonds. The Morgan fingerprint density at radius 3 is 2.25 bits per heavy atom. The number of aliphatic hydroxyl groups is 1. The molecule has 0 bridgehead atoms. The maximum atomic E-state index is 9.78. The second-order valence-electron chi connectivity index (χ2n) is 4.74. The van der Waals surface area contributed by atoms with E-state index < -0.39 is 5.60 Å². The van der Waals surface area contributed by atoms with Gasteiger partial charge in [-0.2, -0.15) is 0 Å². The lowest BCUT2D eigenvalue weighted by Gasteiger charge is -2.27. The zero-order valence-electron chi connectivity index (χ0n) is 10.2. The van der Waals surface area contributed by atoms with E-state index in [-0.39, 0.29) is 0 Å². The third-order valence-corrected chi connectivity index (χ3v) is 2.63. The first kappa shape index (κ1) is 13.5. The van der Waals surface area contributed by atoms with Crippen LogP contribution in [-0.4, -0.2) is 28.7 Å². The van der Waals surface area contributed by atoms with Crippen LogP contribution in [0.1, 0.15) is 26.3 Å². The Morgan fingerprint density at radius 2 is 1.81 bits per heavy atom. The molecule has 0 saturated carbocycles. The van der Waals surface area contributed by atoms with Crippen molar-refractivity contribution in [2.24, 2.45) is 0 Å². The van der Waals surface area contributed by atoms with E-state index in [0.717, 1.165) is 18.1 Å². The highest BCUT2D eigenvalue weighted by atomic mass is 35.5. The standard InChI is InChI=1S/C13H20ClNO/c1-4-15(10-13(2,3)16)9-11-5-7-12(14)8-6-11/h5-8,16H,4,9-10H2,1-3H3. The van der Waals surface area contributed by atoms with Crippen molar-refractivity contribution < 1.29 is 5.11 Å². The summed E-state index contributed by atoms with van der Waals surface area (Å²) in [5, 5.41) is 10.5. The second kappa shape index (κ2) is 5.67. The Morgan fingerprint density at radius 1 is 1.25 bits per heavy atom. The molecule has 0 atom stereocenters. The van der Waals surface area contributed by atoms with Gasteiger partial charge in [-0.3, -0.25) is 4.90 Å². The zero-order valence-corrected chi connectivity index (χ0v) is 11.0. The SMILES string of the molecule is CCN(Cc1ccc(Cl)cc1)CC(C)(C)O. The Hall–Kier alpha value is -0.570. The van der Waals surface area contributed by atoms with Crippen LogP contribution in [-0.2, 0) is 6.54 Å². The molecule has 90 valence electrons. The highest BCUT2D eigenvalue weighted by molar-refractivity contribution is 6.30. The predicted molar refractivity (Wildman–Crippen MR) is 68.7 cm³/mol. The molecule has 0 spiro atoms. The van der Waals surface area contributed by atoms with Crippen LogP contribution in [0.4, 0.5) is 0 Å². The summed E-state index contributed by atoms with van der Waals surface area (Å²) in [6.45, 7) is 8.20. The van der Waals surface area contributed by atoms with Crippen molar-refractivity contribution in [3.8, 4) is 0 Å². The third kappa shape index (κ3) is 4.97. The Labute approximate surface area is 103 Å². The van der Waals surface area contributed by atoms with E-state index in [9.17, 15) is 5.11 Å². The second-order valence-corrected chi connectivity index (χ2v) is 5.18. The molecule has 2 nitrogen and oxygen atoms in total. The van der Waals surface area contributed by atoms with Crippen LogP contribution < -0.4 is 0 Å². The van der Waals surface area contributed by atoms with Crippen LogP contribution >= 0.6 is 11.6 Å². The maximum absolute atomic E-state index is 9.78. The van der Waals surface area contributed by atoms with Crippen molar-refractivity contribution in [2.75, 3.05) is 13.1 Å². The number of benzene rings is 1. The lowest BCUT2D eigenvalue weighted by atomic mass is 10.1. The van der Waals surface area contributed by atoms with Gasteiger partial charge in [-0.15, -0.1) is 0 Å². The smallest absolute Gasteiger partial charge is 0.0718 e. The maximum Gasteiger partial charge on any atom is 0.0718 e. The summed E-state index contributed by atoms with van der Waals surface area (Å²) in [6, 6.07) is 7.84. The fourth-order valence-electron chi connectivity index (χ4n) is 1.67. The minimum Gasteiger partial charge on any atom is -0.389 e. The topological polar surface area (TPSA) is 23.5 Å². The van der Waals surface area contributed by atoms with Gasteiger partial charge in [0.25, 0.3) is 0 Å². The van der Waals surface area contributed by atoms with E-state index in [0.29, 0.717) is 6.54 Å². The van der Waals surface area contributed by atoms with Crippen LogP contribution in [0.15, 0.2) is 24.3 Å². The lowest BCUT2D eigenvalue weighted by Crippen LogP contribution is -2.38. The van der Waals surface area contributed by atoms with Crippen LogP contribution in [0.2, 0.25) is 5.02 Å². The highest BCUT2D eigenvalue weighted by Crippen LogP contribution is 2.13. The predicted octanol–water partition coefficient (Wildman–Crippen LogP) is 2.93. The molecule has 16 heavy (non-hydrogen) atoms. The van der Waals surface area contributed by atoms with E-state index in [1.54, 1.807) is 0 Å². The first-order valence-electron chi connectivity index (χ1n) is 5.60. The summed E-state index contributed by atoms with van der Waals surface area (Å²) in [7, 11) is 0. The fraction of sp³-hybridized carbons (Fsp3) is 0.538. The summed E-state index contributed by atoms with van der Waals surface area (Å²) < 4.78 is 0. The molecule has 0 saturated heterocycles.